The Morgan fingerprint density at radius 3 is 2.33 bits per heavy atom. The molecule has 3 nitrogen and oxygen atoms in total. The van der Waals surface area contributed by atoms with Gasteiger partial charge in [-0.2, -0.15) is 0 Å². The molecule has 0 radical (unpaired) electrons. The van der Waals surface area contributed by atoms with Crippen molar-refractivity contribution >= 4 is 0 Å². The van der Waals surface area contributed by atoms with Gasteiger partial charge in [-0.05, 0) is 12.3 Å². The van der Waals surface area contributed by atoms with Crippen LogP contribution in [0.4, 0.5) is 0 Å². The lowest BCUT2D eigenvalue weighted by molar-refractivity contribution is 0.0940. The average molecular weight is 217 g/mol. The Labute approximate surface area is 94.2 Å². The third-order valence-electron chi connectivity index (χ3n) is 2.72. The molecular weight excluding hydrogens is 190 g/mol. The minimum absolute atomic E-state index is 0.217. The minimum Gasteiger partial charge on any atom is -0.392 e. The molecule has 0 heterocycles. The Morgan fingerprint density at radius 2 is 1.80 bits per heavy atom. The number of aliphatic hydroxyl groups is 1. The summed E-state index contributed by atoms with van der Waals surface area (Å²) in [6, 6.07) is 0. The highest BCUT2D eigenvalue weighted by Gasteiger charge is 2.14. The molecule has 0 fully saturated rings. The summed E-state index contributed by atoms with van der Waals surface area (Å²) in [5.74, 6) is 0.425. The summed E-state index contributed by atoms with van der Waals surface area (Å²) >= 11 is 0. The maximum Gasteiger partial charge on any atom is 0.0692 e. The number of nitrogens with one attached hydrogen (secondary N) is 1. The Morgan fingerprint density at radius 1 is 1.13 bits per heavy atom. The fraction of sp³-hybridized carbons (Fsp3) is 1.00. The molecule has 0 spiro atoms. The normalized spacial score (nSPS) is 13.4. The van der Waals surface area contributed by atoms with Crippen LogP contribution < -0.4 is 5.32 Å². The van der Waals surface area contributed by atoms with E-state index in [2.05, 4.69) is 26.1 Å². The summed E-state index contributed by atoms with van der Waals surface area (Å²) in [5, 5.41) is 13.0. The predicted molar refractivity (Wildman–Crippen MR) is 64.1 cm³/mol. The molecule has 0 aromatic carbocycles. The van der Waals surface area contributed by atoms with Gasteiger partial charge >= 0.3 is 0 Å². The van der Waals surface area contributed by atoms with Crippen molar-refractivity contribution in [2.24, 2.45) is 5.92 Å². The van der Waals surface area contributed by atoms with Gasteiger partial charge in [0.15, 0.2) is 0 Å². The predicted octanol–water partition coefficient (Wildman–Crippen LogP) is 1.80. The maximum absolute atomic E-state index is 9.81. The monoisotopic (exact) mass is 217 g/mol. The molecular formula is C12H27NO2. The Bertz CT molecular complexity index is 127. The lowest BCUT2D eigenvalue weighted by Crippen LogP contribution is -2.34. The molecule has 1 unspecified atom stereocenters. The van der Waals surface area contributed by atoms with Crippen molar-refractivity contribution in [1.29, 1.82) is 0 Å². The third-order valence-corrected chi connectivity index (χ3v) is 2.72. The topological polar surface area (TPSA) is 41.5 Å². The summed E-state index contributed by atoms with van der Waals surface area (Å²) in [6.45, 7) is 9.44. The first-order valence-electron chi connectivity index (χ1n) is 6.22. The van der Waals surface area contributed by atoms with Crippen LogP contribution in [0.1, 0.15) is 40.0 Å². The molecule has 0 aromatic heterocycles. The number of hydrogen-bond acceptors (Lipinski definition) is 3. The van der Waals surface area contributed by atoms with E-state index in [9.17, 15) is 5.11 Å². The van der Waals surface area contributed by atoms with E-state index in [0.717, 1.165) is 39.0 Å². The first-order valence-corrected chi connectivity index (χ1v) is 6.22. The van der Waals surface area contributed by atoms with Gasteiger partial charge in [0.1, 0.15) is 0 Å². The number of ether oxygens (including phenoxy) is 1. The van der Waals surface area contributed by atoms with Gasteiger partial charge < -0.3 is 15.2 Å². The van der Waals surface area contributed by atoms with E-state index < -0.39 is 0 Å². The molecule has 0 aliphatic rings. The second-order valence-electron chi connectivity index (χ2n) is 3.96. The first kappa shape index (κ1) is 14.9. The molecule has 2 N–H and O–H groups in total. The van der Waals surface area contributed by atoms with Crippen LogP contribution in [0.3, 0.4) is 0 Å². The second kappa shape index (κ2) is 10.4. The summed E-state index contributed by atoms with van der Waals surface area (Å²) in [4.78, 5) is 0. The zero-order valence-electron chi connectivity index (χ0n) is 10.5. The standard InChI is InChI=1S/C12H27NO2/c1-4-8-15-9-7-13-10-12(14)11(5-2)6-3/h11-14H,4-10H2,1-3H3. The largest absolute Gasteiger partial charge is 0.392 e. The highest BCUT2D eigenvalue weighted by Crippen LogP contribution is 2.11. The SMILES string of the molecule is CCCOCCNCC(O)C(CC)CC. The smallest absolute Gasteiger partial charge is 0.0692 e. The van der Waals surface area contributed by atoms with E-state index in [-0.39, 0.29) is 6.10 Å². The van der Waals surface area contributed by atoms with Crippen molar-refractivity contribution in [2.75, 3.05) is 26.3 Å². The van der Waals surface area contributed by atoms with Gasteiger partial charge in [0.05, 0.1) is 12.7 Å². The van der Waals surface area contributed by atoms with E-state index in [1.807, 2.05) is 0 Å². The van der Waals surface area contributed by atoms with E-state index in [4.69, 9.17) is 4.74 Å². The summed E-state index contributed by atoms with van der Waals surface area (Å²) in [6.07, 6.45) is 2.94. The van der Waals surface area contributed by atoms with Gasteiger partial charge in [-0.3, -0.25) is 0 Å². The van der Waals surface area contributed by atoms with Crippen LogP contribution in [0, 0.1) is 5.92 Å². The highest BCUT2D eigenvalue weighted by molar-refractivity contribution is 4.68. The van der Waals surface area contributed by atoms with Gasteiger partial charge in [-0.1, -0.05) is 33.6 Å². The molecule has 0 bridgehead atoms. The molecule has 1 atom stereocenters. The van der Waals surface area contributed by atoms with E-state index in [1.165, 1.54) is 0 Å². The van der Waals surface area contributed by atoms with Crippen LogP contribution in [-0.4, -0.2) is 37.5 Å². The highest BCUT2D eigenvalue weighted by atomic mass is 16.5. The number of rotatable bonds is 10. The van der Waals surface area contributed by atoms with Crippen molar-refractivity contribution < 1.29 is 9.84 Å². The molecule has 0 saturated carbocycles. The first-order chi connectivity index (χ1) is 7.26. The molecule has 0 saturated heterocycles. The molecule has 0 amide bonds. The van der Waals surface area contributed by atoms with E-state index in [0.29, 0.717) is 12.5 Å². The third kappa shape index (κ3) is 7.77. The number of hydrogen-bond donors (Lipinski definition) is 2. The number of aliphatic hydroxyl groups excluding tert-OH is 1. The van der Waals surface area contributed by atoms with Crippen molar-refractivity contribution in [3.05, 3.63) is 0 Å². The Hall–Kier alpha value is -0.120. The van der Waals surface area contributed by atoms with Gasteiger partial charge in [-0.15, -0.1) is 0 Å². The molecule has 15 heavy (non-hydrogen) atoms. The minimum atomic E-state index is -0.217. The fourth-order valence-corrected chi connectivity index (χ4v) is 1.64. The van der Waals surface area contributed by atoms with Crippen molar-refractivity contribution in [2.45, 2.75) is 46.1 Å². The molecule has 0 rings (SSSR count). The van der Waals surface area contributed by atoms with Crippen molar-refractivity contribution in [3.8, 4) is 0 Å². The molecule has 0 aromatic rings. The van der Waals surface area contributed by atoms with Crippen LogP contribution in [0.5, 0.6) is 0 Å². The van der Waals surface area contributed by atoms with Crippen LogP contribution in [-0.2, 0) is 4.74 Å². The molecule has 92 valence electrons. The van der Waals surface area contributed by atoms with E-state index >= 15 is 0 Å². The lowest BCUT2D eigenvalue weighted by atomic mass is 9.97. The van der Waals surface area contributed by atoms with Crippen LogP contribution in [0.15, 0.2) is 0 Å². The molecule has 0 aliphatic heterocycles. The zero-order chi connectivity index (χ0) is 11.5. The van der Waals surface area contributed by atoms with Crippen LogP contribution in [0.2, 0.25) is 0 Å². The van der Waals surface area contributed by atoms with Crippen molar-refractivity contribution in [3.63, 3.8) is 0 Å². The lowest BCUT2D eigenvalue weighted by Gasteiger charge is -2.20. The van der Waals surface area contributed by atoms with Crippen molar-refractivity contribution in [1.82, 2.24) is 5.32 Å². The van der Waals surface area contributed by atoms with Gasteiger partial charge in [0.25, 0.3) is 0 Å². The Kier molecular flexibility index (Phi) is 10.3. The van der Waals surface area contributed by atoms with E-state index in [1.54, 1.807) is 0 Å². The van der Waals surface area contributed by atoms with Gasteiger partial charge in [0.2, 0.25) is 0 Å². The summed E-state index contributed by atoms with van der Waals surface area (Å²) < 4.78 is 5.33. The van der Waals surface area contributed by atoms with Crippen LogP contribution >= 0.6 is 0 Å². The van der Waals surface area contributed by atoms with Gasteiger partial charge in [0, 0.05) is 19.7 Å². The summed E-state index contributed by atoms with van der Waals surface area (Å²) in [5.41, 5.74) is 0. The van der Waals surface area contributed by atoms with Crippen LogP contribution in [0.25, 0.3) is 0 Å². The summed E-state index contributed by atoms with van der Waals surface area (Å²) in [7, 11) is 0. The van der Waals surface area contributed by atoms with Gasteiger partial charge in [-0.25, -0.2) is 0 Å². The maximum atomic E-state index is 9.81. The molecule has 0 aliphatic carbocycles. The molecule has 3 heteroatoms. The fourth-order valence-electron chi connectivity index (χ4n) is 1.64. The quantitative estimate of drug-likeness (QED) is 0.548. The Balaban J connectivity index is 3.33. The second-order valence-corrected chi connectivity index (χ2v) is 3.96. The zero-order valence-corrected chi connectivity index (χ0v) is 10.5. The average Bonchev–Trinajstić information content (AvgIpc) is 2.25.